The molecule has 1 aromatic heterocycles. The van der Waals surface area contributed by atoms with Crippen LogP contribution in [0.5, 0.6) is 0 Å². The number of aliphatic hydroxyl groups excluding tert-OH is 1. The molecule has 5 nitrogen and oxygen atoms in total. The van der Waals surface area contributed by atoms with Crippen LogP contribution in [-0.4, -0.2) is 44.9 Å². The number of hydrogen-bond donors (Lipinski definition) is 2. The molecule has 152 valence electrons. The van der Waals surface area contributed by atoms with E-state index in [2.05, 4.69) is 4.98 Å². The van der Waals surface area contributed by atoms with Gasteiger partial charge in [0.1, 0.15) is 18.5 Å². The molecule has 0 radical (unpaired) electrons. The second kappa shape index (κ2) is 10.7. The van der Waals surface area contributed by atoms with Gasteiger partial charge in [0.15, 0.2) is 5.21 Å². The summed E-state index contributed by atoms with van der Waals surface area (Å²) in [7, 11) is 0. The first kappa shape index (κ1) is 22.5. The maximum Gasteiger partial charge on any atom is 0.315 e. The third kappa shape index (κ3) is 6.10. The highest BCUT2D eigenvalue weighted by atomic mass is 35.5. The summed E-state index contributed by atoms with van der Waals surface area (Å²) in [6.07, 6.45) is -3.17. The minimum atomic E-state index is -3.29. The number of pyridine rings is 1. The van der Waals surface area contributed by atoms with Crippen LogP contribution in [-0.2, 0) is 21.7 Å². The maximum atomic E-state index is 13.1. The Morgan fingerprint density at radius 1 is 1.21 bits per heavy atom. The van der Waals surface area contributed by atoms with E-state index in [0.29, 0.717) is 5.69 Å². The molecule has 1 unspecified atom stereocenters. The lowest BCUT2D eigenvalue weighted by Crippen LogP contribution is -2.43. The Labute approximate surface area is 168 Å². The zero-order valence-electron chi connectivity index (χ0n) is 14.5. The Hall–Kier alpha value is -1.81. The van der Waals surface area contributed by atoms with Gasteiger partial charge in [-0.05, 0) is 28.4 Å². The molecule has 0 saturated carbocycles. The normalized spacial score (nSPS) is 14.5. The lowest BCUT2D eigenvalue weighted by molar-refractivity contribution is -0.133. The van der Waals surface area contributed by atoms with Crippen LogP contribution in [0, 0.1) is 0 Å². The standard InChI is InChI=1S/C18H18ClF3N2O3S/c19-10-28(27)9-14-6-5-13(8-23-14)11-1-3-12(4-2-11)16(25)15(7-20)24-18(26)17(21)22/h1-6,8,15-17,25H,7,9-10H2,(H,24,26)/t15-,16-,28?/m1/s1. The molecular weight excluding hydrogens is 417 g/mol. The van der Waals surface area contributed by atoms with Gasteiger partial charge >= 0.3 is 6.43 Å². The molecule has 0 spiro atoms. The van der Waals surface area contributed by atoms with E-state index >= 15 is 0 Å². The summed E-state index contributed by atoms with van der Waals surface area (Å²) < 4.78 is 49.1. The van der Waals surface area contributed by atoms with Crippen molar-refractivity contribution in [3.63, 3.8) is 0 Å². The fourth-order valence-electron chi connectivity index (χ4n) is 2.44. The average molecular weight is 435 g/mol. The summed E-state index contributed by atoms with van der Waals surface area (Å²) in [4.78, 5) is 15.3. The van der Waals surface area contributed by atoms with Crippen LogP contribution in [0.3, 0.4) is 0 Å². The zero-order chi connectivity index (χ0) is 20.7. The van der Waals surface area contributed by atoms with Gasteiger partial charge in [0.25, 0.3) is 5.91 Å². The van der Waals surface area contributed by atoms with Crippen molar-refractivity contribution >= 4 is 28.7 Å². The highest BCUT2D eigenvalue weighted by molar-refractivity contribution is 7.91. The Bertz CT molecular complexity index is 766. The van der Waals surface area contributed by atoms with Gasteiger partial charge in [-0.25, -0.2) is 4.39 Å². The number of hydrogen-bond acceptors (Lipinski definition) is 4. The third-order valence-electron chi connectivity index (χ3n) is 3.91. The first-order valence-electron chi connectivity index (χ1n) is 8.14. The van der Waals surface area contributed by atoms with Crippen molar-refractivity contribution in [2.24, 2.45) is 0 Å². The molecule has 1 aromatic carbocycles. The molecular formula is C18H18ClF3N2O3S. The quantitative estimate of drug-likeness (QED) is 0.469. The van der Waals surface area contributed by atoms with Crippen LogP contribution in [0.2, 0.25) is 0 Å². The number of carbonyl (C=O) groups is 1. The lowest BCUT2D eigenvalue weighted by Gasteiger charge is -2.22. The van der Waals surface area contributed by atoms with Crippen molar-refractivity contribution in [1.82, 2.24) is 10.3 Å². The minimum Gasteiger partial charge on any atom is -0.615 e. The highest BCUT2D eigenvalue weighted by Gasteiger charge is 2.26. The molecule has 0 aliphatic heterocycles. The van der Waals surface area contributed by atoms with Gasteiger partial charge in [-0.15, -0.1) is 0 Å². The smallest absolute Gasteiger partial charge is 0.315 e. The van der Waals surface area contributed by atoms with Crippen LogP contribution >= 0.6 is 11.6 Å². The van der Waals surface area contributed by atoms with E-state index < -0.39 is 42.3 Å². The molecule has 2 rings (SSSR count). The molecule has 0 aliphatic rings. The molecule has 0 fully saturated rings. The number of alkyl halides is 4. The fraction of sp³-hybridized carbons (Fsp3) is 0.333. The van der Waals surface area contributed by atoms with Crippen LogP contribution in [0.15, 0.2) is 42.6 Å². The number of aromatic nitrogens is 1. The fourth-order valence-corrected chi connectivity index (χ4v) is 3.25. The van der Waals surface area contributed by atoms with E-state index in [1.165, 1.54) is 12.1 Å². The summed E-state index contributed by atoms with van der Waals surface area (Å²) >= 11 is 4.33. The average Bonchev–Trinajstić information content (AvgIpc) is 2.71. The predicted molar refractivity (Wildman–Crippen MR) is 101 cm³/mol. The largest absolute Gasteiger partial charge is 0.615 e. The van der Waals surface area contributed by atoms with Gasteiger partial charge in [0.2, 0.25) is 0 Å². The van der Waals surface area contributed by atoms with Crippen molar-refractivity contribution in [2.45, 2.75) is 24.3 Å². The molecule has 3 atom stereocenters. The predicted octanol–water partition coefficient (Wildman–Crippen LogP) is 2.95. The molecule has 0 aliphatic carbocycles. The first-order chi connectivity index (χ1) is 13.3. The number of amides is 1. The molecule has 10 heteroatoms. The van der Waals surface area contributed by atoms with Crippen molar-refractivity contribution in [2.75, 3.05) is 11.9 Å². The van der Waals surface area contributed by atoms with E-state index in [1.54, 1.807) is 35.8 Å². The summed E-state index contributed by atoms with van der Waals surface area (Å²) in [5, 5.41) is 12.0. The van der Waals surface area contributed by atoms with Crippen molar-refractivity contribution < 1.29 is 27.6 Å². The first-order valence-corrected chi connectivity index (χ1v) is 10.2. The Morgan fingerprint density at radius 3 is 2.36 bits per heavy atom. The molecule has 2 aromatic rings. The summed E-state index contributed by atoms with van der Waals surface area (Å²) in [5.41, 5.74) is 2.41. The van der Waals surface area contributed by atoms with Crippen LogP contribution in [0.25, 0.3) is 11.1 Å². The number of benzene rings is 1. The van der Waals surface area contributed by atoms with E-state index in [0.717, 1.165) is 11.1 Å². The summed E-state index contributed by atoms with van der Waals surface area (Å²) in [5.74, 6) is -1.39. The highest BCUT2D eigenvalue weighted by Crippen LogP contribution is 2.24. The molecule has 1 heterocycles. The van der Waals surface area contributed by atoms with E-state index in [-0.39, 0.29) is 16.5 Å². The Morgan fingerprint density at radius 2 is 1.86 bits per heavy atom. The maximum absolute atomic E-state index is 13.1. The van der Waals surface area contributed by atoms with Gasteiger partial charge in [-0.1, -0.05) is 41.9 Å². The van der Waals surface area contributed by atoms with Gasteiger partial charge < -0.3 is 15.0 Å². The van der Waals surface area contributed by atoms with Crippen LogP contribution < -0.4 is 5.32 Å². The lowest BCUT2D eigenvalue weighted by atomic mass is 9.99. The molecule has 0 bridgehead atoms. The monoisotopic (exact) mass is 434 g/mol. The second-order valence-electron chi connectivity index (χ2n) is 5.87. The molecule has 2 N–H and O–H groups in total. The topological polar surface area (TPSA) is 85.3 Å². The van der Waals surface area contributed by atoms with Crippen LogP contribution in [0.1, 0.15) is 17.4 Å². The number of rotatable bonds is 9. The third-order valence-corrected chi connectivity index (χ3v) is 5.51. The number of aliphatic hydroxyl groups is 1. The summed E-state index contributed by atoms with van der Waals surface area (Å²) in [6.45, 7) is -1.20. The number of carbonyl (C=O) groups excluding carboxylic acids is 1. The van der Waals surface area contributed by atoms with Crippen molar-refractivity contribution in [1.29, 1.82) is 0 Å². The Kier molecular flexibility index (Phi) is 8.56. The van der Waals surface area contributed by atoms with Crippen molar-refractivity contribution in [3.8, 4) is 11.1 Å². The molecule has 0 saturated heterocycles. The molecule has 28 heavy (non-hydrogen) atoms. The minimum absolute atomic E-state index is 0.0326. The van der Waals surface area contributed by atoms with Crippen LogP contribution in [0.4, 0.5) is 13.2 Å². The number of nitrogens with zero attached hydrogens (tertiary/aromatic N) is 1. The Balaban J connectivity index is 2.08. The molecule has 1 amide bonds. The van der Waals surface area contributed by atoms with Gasteiger partial charge in [-0.2, -0.15) is 8.78 Å². The zero-order valence-corrected chi connectivity index (χ0v) is 16.1. The number of halogens is 4. The van der Waals surface area contributed by atoms with E-state index in [4.69, 9.17) is 11.6 Å². The van der Waals surface area contributed by atoms with Gasteiger partial charge in [0, 0.05) is 11.8 Å². The van der Waals surface area contributed by atoms with E-state index in [1.807, 2.05) is 0 Å². The second-order valence-corrected chi connectivity index (χ2v) is 7.91. The van der Waals surface area contributed by atoms with Crippen molar-refractivity contribution in [3.05, 3.63) is 53.9 Å². The summed E-state index contributed by atoms with van der Waals surface area (Å²) in [6, 6.07) is 8.35. The van der Waals surface area contributed by atoms with Gasteiger partial charge in [-0.3, -0.25) is 9.78 Å². The number of nitrogens with one attached hydrogen (secondary N) is 1. The van der Waals surface area contributed by atoms with E-state index in [9.17, 15) is 27.6 Å². The SMILES string of the molecule is O=C(N[C@H](CF)[C@H](O)c1ccc(-c2ccc(C[S+]([O-])CCl)nc2)cc1)C(F)F. The van der Waals surface area contributed by atoms with Gasteiger partial charge in [0.05, 0.1) is 11.7 Å².